The molecular formula is C18H17FN4O4. The standard InChI is InChI=1S/C18H17FN4O4/c19-11-5-6-12-13(10-17(24)22-15(12)9-11)18(25)21-8-7-20-14-3-1-2-4-16(14)23(26)27/h1-6,9,13,20H,7-8,10H2,(H,21,25)(H,22,24). The van der Waals surface area contributed by atoms with Crippen LogP contribution in [0.2, 0.25) is 0 Å². The van der Waals surface area contributed by atoms with Crippen molar-refractivity contribution in [3.05, 3.63) is 64.0 Å². The zero-order valence-electron chi connectivity index (χ0n) is 14.2. The van der Waals surface area contributed by atoms with Crippen molar-refractivity contribution >= 4 is 28.9 Å². The first-order chi connectivity index (χ1) is 13.0. The fourth-order valence-corrected chi connectivity index (χ4v) is 2.96. The molecule has 1 unspecified atom stereocenters. The molecule has 3 rings (SSSR count). The lowest BCUT2D eigenvalue weighted by molar-refractivity contribution is -0.384. The number of para-hydroxylation sites is 2. The van der Waals surface area contributed by atoms with E-state index >= 15 is 0 Å². The van der Waals surface area contributed by atoms with E-state index in [9.17, 15) is 24.1 Å². The Morgan fingerprint density at radius 2 is 2.04 bits per heavy atom. The number of nitrogens with zero attached hydrogens (tertiary/aromatic N) is 1. The number of amides is 2. The Labute approximate surface area is 153 Å². The SMILES string of the molecule is O=C1CC(C(=O)NCCNc2ccccc2[N+](=O)[O-])c2ccc(F)cc2N1. The summed E-state index contributed by atoms with van der Waals surface area (Å²) in [5.41, 5.74) is 1.16. The van der Waals surface area contributed by atoms with Gasteiger partial charge in [-0.3, -0.25) is 19.7 Å². The van der Waals surface area contributed by atoms with Gasteiger partial charge in [0.2, 0.25) is 11.8 Å². The number of halogens is 1. The van der Waals surface area contributed by atoms with Gasteiger partial charge in [0.15, 0.2) is 0 Å². The maximum atomic E-state index is 13.3. The Morgan fingerprint density at radius 1 is 1.26 bits per heavy atom. The number of anilines is 2. The van der Waals surface area contributed by atoms with Gasteiger partial charge in [-0.1, -0.05) is 18.2 Å². The van der Waals surface area contributed by atoms with Crippen LogP contribution in [0.3, 0.4) is 0 Å². The fraction of sp³-hybridized carbons (Fsp3) is 0.222. The van der Waals surface area contributed by atoms with Crippen molar-refractivity contribution < 1.29 is 18.9 Å². The second-order valence-corrected chi connectivity index (χ2v) is 6.03. The highest BCUT2D eigenvalue weighted by Crippen LogP contribution is 2.32. The zero-order chi connectivity index (χ0) is 19.4. The highest BCUT2D eigenvalue weighted by atomic mass is 19.1. The molecule has 0 aromatic heterocycles. The van der Waals surface area contributed by atoms with E-state index in [1.807, 2.05) is 0 Å². The molecule has 1 aliphatic heterocycles. The molecule has 0 fully saturated rings. The van der Waals surface area contributed by atoms with Crippen LogP contribution in [-0.2, 0) is 9.59 Å². The van der Waals surface area contributed by atoms with Gasteiger partial charge < -0.3 is 16.0 Å². The van der Waals surface area contributed by atoms with Crippen molar-refractivity contribution in [2.45, 2.75) is 12.3 Å². The Bertz CT molecular complexity index is 903. The minimum absolute atomic E-state index is 0.0257. The van der Waals surface area contributed by atoms with Crippen molar-refractivity contribution in [1.82, 2.24) is 5.32 Å². The quantitative estimate of drug-likeness (QED) is 0.409. The van der Waals surface area contributed by atoms with Crippen molar-refractivity contribution in [1.29, 1.82) is 0 Å². The van der Waals surface area contributed by atoms with Crippen LogP contribution >= 0.6 is 0 Å². The topological polar surface area (TPSA) is 113 Å². The lowest BCUT2D eigenvalue weighted by atomic mass is 9.89. The second-order valence-electron chi connectivity index (χ2n) is 6.03. The summed E-state index contributed by atoms with van der Waals surface area (Å²) in [7, 11) is 0. The molecule has 3 N–H and O–H groups in total. The highest BCUT2D eigenvalue weighted by Gasteiger charge is 2.30. The maximum Gasteiger partial charge on any atom is 0.292 e. The Hall–Kier alpha value is -3.49. The van der Waals surface area contributed by atoms with Crippen molar-refractivity contribution in [2.24, 2.45) is 0 Å². The molecule has 0 radical (unpaired) electrons. The first-order valence-corrected chi connectivity index (χ1v) is 8.30. The normalized spacial score (nSPS) is 15.4. The van der Waals surface area contributed by atoms with Gasteiger partial charge in [0.1, 0.15) is 11.5 Å². The average molecular weight is 372 g/mol. The number of carbonyl (C=O) groups is 2. The van der Waals surface area contributed by atoms with Gasteiger partial charge in [-0.15, -0.1) is 0 Å². The number of nitro benzene ring substituents is 1. The summed E-state index contributed by atoms with van der Waals surface area (Å²) < 4.78 is 13.3. The summed E-state index contributed by atoms with van der Waals surface area (Å²) >= 11 is 0. The molecule has 0 aliphatic carbocycles. The van der Waals surface area contributed by atoms with Crippen LogP contribution in [0.25, 0.3) is 0 Å². The molecule has 0 bridgehead atoms. The van der Waals surface area contributed by atoms with Gasteiger partial charge in [0.05, 0.1) is 10.8 Å². The van der Waals surface area contributed by atoms with Gasteiger partial charge in [-0.25, -0.2) is 4.39 Å². The van der Waals surface area contributed by atoms with Crippen LogP contribution in [0.5, 0.6) is 0 Å². The Balaban J connectivity index is 1.59. The molecule has 27 heavy (non-hydrogen) atoms. The molecule has 1 aliphatic rings. The molecule has 1 atom stereocenters. The average Bonchev–Trinajstić information content (AvgIpc) is 2.64. The van der Waals surface area contributed by atoms with Gasteiger partial charge in [0.25, 0.3) is 5.69 Å². The van der Waals surface area contributed by atoms with E-state index in [1.54, 1.807) is 18.2 Å². The number of nitro groups is 1. The monoisotopic (exact) mass is 372 g/mol. The predicted molar refractivity (Wildman–Crippen MR) is 97.0 cm³/mol. The number of fused-ring (bicyclic) bond motifs is 1. The van der Waals surface area contributed by atoms with E-state index in [0.717, 1.165) is 0 Å². The number of nitrogens with one attached hydrogen (secondary N) is 3. The third-order valence-corrected chi connectivity index (χ3v) is 4.21. The van der Waals surface area contributed by atoms with E-state index in [2.05, 4.69) is 16.0 Å². The molecule has 0 spiro atoms. The molecule has 2 aromatic carbocycles. The van der Waals surface area contributed by atoms with Gasteiger partial charge >= 0.3 is 0 Å². The molecule has 8 nitrogen and oxygen atoms in total. The summed E-state index contributed by atoms with van der Waals surface area (Å²) in [6.07, 6.45) is -0.0257. The third-order valence-electron chi connectivity index (χ3n) is 4.21. The number of hydrogen-bond acceptors (Lipinski definition) is 5. The molecule has 1 heterocycles. The largest absolute Gasteiger partial charge is 0.378 e. The third kappa shape index (κ3) is 4.20. The predicted octanol–water partition coefficient (Wildman–Crippen LogP) is 2.39. The first-order valence-electron chi connectivity index (χ1n) is 8.30. The first kappa shape index (κ1) is 18.3. The van der Waals surface area contributed by atoms with Gasteiger partial charge in [-0.05, 0) is 23.8 Å². The van der Waals surface area contributed by atoms with Crippen LogP contribution in [0.4, 0.5) is 21.5 Å². The van der Waals surface area contributed by atoms with Crippen molar-refractivity contribution in [2.75, 3.05) is 23.7 Å². The molecule has 0 saturated carbocycles. The number of carbonyl (C=O) groups excluding carboxylic acids is 2. The van der Waals surface area contributed by atoms with Gasteiger partial charge in [-0.2, -0.15) is 0 Å². The summed E-state index contributed by atoms with van der Waals surface area (Å²) in [6, 6.07) is 10.1. The van der Waals surface area contributed by atoms with Crippen LogP contribution in [0.1, 0.15) is 17.9 Å². The highest BCUT2D eigenvalue weighted by molar-refractivity contribution is 6.01. The molecule has 140 valence electrons. The lowest BCUT2D eigenvalue weighted by Gasteiger charge is -2.25. The van der Waals surface area contributed by atoms with Crippen LogP contribution in [0.15, 0.2) is 42.5 Å². The maximum absolute atomic E-state index is 13.3. The molecule has 2 amide bonds. The molecule has 2 aromatic rings. The Morgan fingerprint density at radius 3 is 2.81 bits per heavy atom. The van der Waals surface area contributed by atoms with Crippen molar-refractivity contribution in [3.8, 4) is 0 Å². The van der Waals surface area contributed by atoms with Crippen LogP contribution in [0, 0.1) is 15.9 Å². The van der Waals surface area contributed by atoms with E-state index < -0.39 is 16.7 Å². The fourth-order valence-electron chi connectivity index (χ4n) is 2.96. The summed E-state index contributed by atoms with van der Waals surface area (Å²) in [5.74, 6) is -1.92. The van der Waals surface area contributed by atoms with E-state index in [1.165, 1.54) is 24.3 Å². The van der Waals surface area contributed by atoms with Gasteiger partial charge in [0, 0.05) is 31.3 Å². The zero-order valence-corrected chi connectivity index (χ0v) is 14.2. The molecule has 9 heteroatoms. The smallest absolute Gasteiger partial charge is 0.292 e. The molecule has 0 saturated heterocycles. The van der Waals surface area contributed by atoms with E-state index in [0.29, 0.717) is 16.9 Å². The van der Waals surface area contributed by atoms with E-state index in [-0.39, 0.29) is 37.0 Å². The van der Waals surface area contributed by atoms with Crippen LogP contribution < -0.4 is 16.0 Å². The van der Waals surface area contributed by atoms with Crippen LogP contribution in [-0.4, -0.2) is 29.8 Å². The summed E-state index contributed by atoms with van der Waals surface area (Å²) in [4.78, 5) is 34.7. The van der Waals surface area contributed by atoms with Crippen molar-refractivity contribution in [3.63, 3.8) is 0 Å². The lowest BCUT2D eigenvalue weighted by Crippen LogP contribution is -2.37. The van der Waals surface area contributed by atoms with E-state index in [4.69, 9.17) is 0 Å². The minimum Gasteiger partial charge on any atom is -0.378 e. The molecular weight excluding hydrogens is 355 g/mol. The Kier molecular flexibility index (Phi) is 5.30. The summed E-state index contributed by atoms with van der Waals surface area (Å²) in [6.45, 7) is 0.477. The minimum atomic E-state index is -0.708. The number of rotatable bonds is 6. The second kappa shape index (κ2) is 7.81. The summed E-state index contributed by atoms with van der Waals surface area (Å²) in [5, 5.41) is 19.1. The number of hydrogen-bond donors (Lipinski definition) is 3. The number of benzene rings is 2.